The van der Waals surface area contributed by atoms with Crippen LogP contribution in [-0.4, -0.2) is 51.6 Å². The van der Waals surface area contributed by atoms with E-state index >= 15 is 0 Å². The molecule has 0 aliphatic carbocycles. The highest BCUT2D eigenvalue weighted by atomic mass is 16.5. The molecule has 0 spiro atoms. The van der Waals surface area contributed by atoms with Crippen LogP contribution in [0.1, 0.15) is 60.8 Å². The largest absolute Gasteiger partial charge is 0.497 e. The van der Waals surface area contributed by atoms with E-state index in [0.29, 0.717) is 18.8 Å². The zero-order valence-electron chi connectivity index (χ0n) is 20.4. The zero-order chi connectivity index (χ0) is 23.5. The summed E-state index contributed by atoms with van der Waals surface area (Å²) in [4.78, 5) is 19.4. The van der Waals surface area contributed by atoms with Crippen LogP contribution in [0.2, 0.25) is 0 Å². The number of hydrogen-bond acceptors (Lipinski definition) is 5. The Bertz CT molecular complexity index is 1140. The van der Waals surface area contributed by atoms with Gasteiger partial charge in [-0.1, -0.05) is 12.1 Å². The molecule has 7 heteroatoms. The van der Waals surface area contributed by atoms with Gasteiger partial charge in [0.2, 0.25) is 5.91 Å². The van der Waals surface area contributed by atoms with Crippen molar-refractivity contribution in [1.29, 1.82) is 0 Å². The standard InChI is InChI=1S/C26H35N5O2/c1-17(2)27-26(32)10-9-23-18(3)28-25-14-24(29-31(25)19(23)4)21-11-12-30(16-21)15-20-7-6-8-22(13-20)33-5/h6-8,13-14,17,21H,9-12,15-16H2,1-5H3,(H,27,32)/t21-/m1/s1. The number of likely N-dealkylation sites (tertiary alicyclic amines) is 1. The van der Waals surface area contributed by atoms with Gasteiger partial charge < -0.3 is 10.1 Å². The molecule has 4 rings (SSSR count). The minimum absolute atomic E-state index is 0.0761. The number of rotatable bonds is 8. The maximum atomic E-state index is 12.1. The number of benzene rings is 1. The van der Waals surface area contributed by atoms with E-state index in [9.17, 15) is 4.79 Å². The lowest BCUT2D eigenvalue weighted by molar-refractivity contribution is -0.121. The van der Waals surface area contributed by atoms with Crippen molar-refractivity contribution < 1.29 is 9.53 Å². The lowest BCUT2D eigenvalue weighted by Gasteiger charge is -2.16. The van der Waals surface area contributed by atoms with Gasteiger partial charge in [0, 0.05) is 48.9 Å². The van der Waals surface area contributed by atoms with E-state index in [1.165, 1.54) is 5.56 Å². The van der Waals surface area contributed by atoms with Crippen LogP contribution in [0, 0.1) is 13.8 Å². The number of methoxy groups -OCH3 is 1. The number of ether oxygens (including phenoxy) is 1. The van der Waals surface area contributed by atoms with E-state index in [-0.39, 0.29) is 11.9 Å². The van der Waals surface area contributed by atoms with Gasteiger partial charge >= 0.3 is 0 Å². The highest BCUT2D eigenvalue weighted by Crippen LogP contribution is 2.29. The first-order valence-electron chi connectivity index (χ1n) is 11.8. The van der Waals surface area contributed by atoms with E-state index in [4.69, 9.17) is 14.8 Å². The number of nitrogens with zero attached hydrogens (tertiary/aromatic N) is 4. The first kappa shape index (κ1) is 23.2. The Kier molecular flexibility index (Phi) is 6.98. The Labute approximate surface area is 196 Å². The molecule has 0 radical (unpaired) electrons. The summed E-state index contributed by atoms with van der Waals surface area (Å²) in [5, 5.41) is 7.91. The number of nitrogens with one attached hydrogen (secondary N) is 1. The van der Waals surface area contributed by atoms with Crippen LogP contribution >= 0.6 is 0 Å². The second-order valence-corrected chi connectivity index (χ2v) is 9.39. The van der Waals surface area contributed by atoms with Crippen LogP contribution in [0.4, 0.5) is 0 Å². The molecular weight excluding hydrogens is 414 g/mol. The molecule has 3 aromatic rings. The number of aromatic nitrogens is 3. The predicted octanol–water partition coefficient (Wildman–Crippen LogP) is 3.80. The van der Waals surface area contributed by atoms with Gasteiger partial charge in [-0.25, -0.2) is 9.50 Å². The molecule has 176 valence electrons. The lowest BCUT2D eigenvalue weighted by atomic mass is 10.1. The molecule has 1 atom stereocenters. The summed E-state index contributed by atoms with van der Waals surface area (Å²) in [6.45, 7) is 11.0. The third kappa shape index (κ3) is 5.36. The molecule has 7 nitrogen and oxygen atoms in total. The number of carbonyl (C=O) groups is 1. The van der Waals surface area contributed by atoms with Crippen molar-refractivity contribution in [3.8, 4) is 5.75 Å². The van der Waals surface area contributed by atoms with Gasteiger partial charge in [-0.2, -0.15) is 5.10 Å². The molecule has 1 amide bonds. The monoisotopic (exact) mass is 449 g/mol. The van der Waals surface area contributed by atoms with Crippen molar-refractivity contribution in [1.82, 2.24) is 24.8 Å². The molecule has 1 saturated heterocycles. The third-order valence-corrected chi connectivity index (χ3v) is 6.47. The molecular formula is C26H35N5O2. The van der Waals surface area contributed by atoms with Gasteiger partial charge in [-0.05, 0) is 70.3 Å². The van der Waals surface area contributed by atoms with Gasteiger partial charge in [0.1, 0.15) is 5.75 Å². The van der Waals surface area contributed by atoms with Gasteiger partial charge in [-0.15, -0.1) is 0 Å². The molecule has 1 N–H and O–H groups in total. The first-order chi connectivity index (χ1) is 15.8. The van der Waals surface area contributed by atoms with Crippen molar-refractivity contribution in [2.75, 3.05) is 20.2 Å². The average Bonchev–Trinajstić information content (AvgIpc) is 3.40. The SMILES string of the molecule is COc1cccc(CN2CC[C@@H](c3cc4nc(C)c(CCC(=O)NC(C)C)c(C)n4n3)C2)c1. The molecule has 2 aromatic heterocycles. The molecule has 1 aliphatic heterocycles. The third-order valence-electron chi connectivity index (χ3n) is 6.47. The number of carbonyl (C=O) groups excluding carboxylic acids is 1. The molecule has 0 unspecified atom stereocenters. The normalized spacial score (nSPS) is 16.6. The van der Waals surface area contributed by atoms with Crippen LogP contribution < -0.4 is 10.1 Å². The molecule has 0 saturated carbocycles. The molecule has 33 heavy (non-hydrogen) atoms. The second kappa shape index (κ2) is 9.91. The van der Waals surface area contributed by atoms with E-state index in [2.05, 4.69) is 35.3 Å². The second-order valence-electron chi connectivity index (χ2n) is 9.39. The number of fused-ring (bicyclic) bond motifs is 1. The Hall–Kier alpha value is -2.93. The van der Waals surface area contributed by atoms with Crippen molar-refractivity contribution in [2.45, 2.75) is 65.5 Å². The first-order valence-corrected chi connectivity index (χ1v) is 11.8. The lowest BCUT2D eigenvalue weighted by Crippen LogP contribution is -2.30. The molecule has 3 heterocycles. The summed E-state index contributed by atoms with van der Waals surface area (Å²) < 4.78 is 7.32. The molecule has 0 bridgehead atoms. The van der Waals surface area contributed by atoms with Gasteiger partial charge in [0.15, 0.2) is 5.65 Å². The summed E-state index contributed by atoms with van der Waals surface area (Å²) in [6, 6.07) is 10.6. The smallest absolute Gasteiger partial charge is 0.220 e. The minimum atomic E-state index is 0.0761. The summed E-state index contributed by atoms with van der Waals surface area (Å²) in [6.07, 6.45) is 2.23. The minimum Gasteiger partial charge on any atom is -0.497 e. The highest BCUT2D eigenvalue weighted by molar-refractivity contribution is 5.76. The summed E-state index contributed by atoms with van der Waals surface area (Å²) in [5.74, 6) is 1.38. The fourth-order valence-electron chi connectivity index (χ4n) is 4.79. The Balaban J connectivity index is 1.46. The maximum absolute atomic E-state index is 12.1. The van der Waals surface area contributed by atoms with Crippen LogP contribution in [0.25, 0.3) is 5.65 Å². The van der Waals surface area contributed by atoms with Crippen LogP contribution in [0.15, 0.2) is 30.3 Å². The Morgan fingerprint density at radius 1 is 1.27 bits per heavy atom. The van der Waals surface area contributed by atoms with Crippen molar-refractivity contribution in [3.63, 3.8) is 0 Å². The van der Waals surface area contributed by atoms with Crippen molar-refractivity contribution in [3.05, 3.63) is 58.5 Å². The van der Waals surface area contributed by atoms with Gasteiger partial charge in [-0.3, -0.25) is 9.69 Å². The van der Waals surface area contributed by atoms with Crippen molar-refractivity contribution in [2.24, 2.45) is 0 Å². The summed E-state index contributed by atoms with van der Waals surface area (Å²) in [7, 11) is 1.71. The Morgan fingerprint density at radius 3 is 2.85 bits per heavy atom. The van der Waals surface area contributed by atoms with Crippen LogP contribution in [0.5, 0.6) is 5.75 Å². The summed E-state index contributed by atoms with van der Waals surface area (Å²) >= 11 is 0. The Morgan fingerprint density at radius 2 is 2.09 bits per heavy atom. The van der Waals surface area contributed by atoms with E-state index in [1.54, 1.807) is 7.11 Å². The average molecular weight is 450 g/mol. The quantitative estimate of drug-likeness (QED) is 0.566. The molecule has 1 aliphatic rings. The number of aryl methyl sites for hydroxylation is 2. The van der Waals surface area contributed by atoms with Gasteiger partial charge in [0.05, 0.1) is 12.8 Å². The topological polar surface area (TPSA) is 71.8 Å². The van der Waals surface area contributed by atoms with Crippen LogP contribution in [0.3, 0.4) is 0 Å². The molecule has 1 aromatic carbocycles. The van der Waals surface area contributed by atoms with Crippen LogP contribution in [-0.2, 0) is 17.8 Å². The maximum Gasteiger partial charge on any atom is 0.220 e. The number of hydrogen-bond donors (Lipinski definition) is 1. The van der Waals surface area contributed by atoms with Crippen molar-refractivity contribution >= 4 is 11.6 Å². The summed E-state index contributed by atoms with van der Waals surface area (Å²) in [5.41, 5.74) is 6.43. The number of amides is 1. The van der Waals surface area contributed by atoms with E-state index < -0.39 is 0 Å². The highest BCUT2D eigenvalue weighted by Gasteiger charge is 2.27. The zero-order valence-corrected chi connectivity index (χ0v) is 20.4. The fourth-order valence-corrected chi connectivity index (χ4v) is 4.79. The predicted molar refractivity (Wildman–Crippen MR) is 130 cm³/mol. The van der Waals surface area contributed by atoms with E-state index in [0.717, 1.165) is 60.1 Å². The fraction of sp³-hybridized carbons (Fsp3) is 0.500. The van der Waals surface area contributed by atoms with E-state index in [1.807, 2.05) is 37.4 Å². The molecule has 1 fully saturated rings. The van der Waals surface area contributed by atoms with Gasteiger partial charge in [0.25, 0.3) is 0 Å².